The highest BCUT2D eigenvalue weighted by Crippen LogP contribution is 2.37. The Balaban J connectivity index is 2.12. The Kier molecular flexibility index (Phi) is 3.73. The standard InChI is InChI=1S/C18H18N2O/c1-2-13-19-14-12-18(21)20(15-8-4-3-5-9-15)17-11-7-6-10-16(17)19/h2-11H,1,12-14H2. The largest absolute Gasteiger partial charge is 0.366 e. The van der Waals surface area contributed by atoms with Gasteiger partial charge in [0.1, 0.15) is 0 Å². The molecule has 3 rings (SSSR count). The molecule has 0 spiro atoms. The maximum atomic E-state index is 12.6. The Morgan fingerprint density at radius 1 is 1.00 bits per heavy atom. The second kappa shape index (κ2) is 5.83. The topological polar surface area (TPSA) is 23.6 Å². The molecule has 0 radical (unpaired) electrons. The van der Waals surface area contributed by atoms with Crippen molar-refractivity contribution in [2.45, 2.75) is 6.42 Å². The summed E-state index contributed by atoms with van der Waals surface area (Å²) in [5, 5.41) is 0. The molecule has 0 bridgehead atoms. The summed E-state index contributed by atoms with van der Waals surface area (Å²) in [5.41, 5.74) is 2.93. The molecule has 1 amide bonds. The van der Waals surface area contributed by atoms with E-state index in [1.54, 1.807) is 0 Å². The first-order valence-corrected chi connectivity index (χ1v) is 7.14. The number of hydrogen-bond acceptors (Lipinski definition) is 2. The van der Waals surface area contributed by atoms with Gasteiger partial charge in [0.05, 0.1) is 11.4 Å². The predicted molar refractivity (Wildman–Crippen MR) is 87.1 cm³/mol. The van der Waals surface area contributed by atoms with Crippen LogP contribution in [0.5, 0.6) is 0 Å². The Hall–Kier alpha value is -2.55. The third-order valence-electron chi connectivity index (χ3n) is 3.67. The lowest BCUT2D eigenvalue weighted by atomic mass is 10.2. The summed E-state index contributed by atoms with van der Waals surface area (Å²) >= 11 is 0. The minimum Gasteiger partial charge on any atom is -0.366 e. The highest BCUT2D eigenvalue weighted by molar-refractivity contribution is 6.04. The maximum Gasteiger partial charge on any atom is 0.233 e. The van der Waals surface area contributed by atoms with Gasteiger partial charge in [0.2, 0.25) is 5.91 Å². The molecule has 1 aliphatic rings. The fourth-order valence-electron chi connectivity index (χ4n) is 2.72. The highest BCUT2D eigenvalue weighted by atomic mass is 16.2. The third-order valence-corrected chi connectivity index (χ3v) is 3.67. The molecule has 0 saturated heterocycles. The Morgan fingerprint density at radius 2 is 1.67 bits per heavy atom. The quantitative estimate of drug-likeness (QED) is 0.798. The first-order valence-electron chi connectivity index (χ1n) is 7.14. The molecule has 2 aromatic carbocycles. The van der Waals surface area contributed by atoms with Crippen molar-refractivity contribution in [3.63, 3.8) is 0 Å². The fourth-order valence-corrected chi connectivity index (χ4v) is 2.72. The zero-order chi connectivity index (χ0) is 14.7. The van der Waals surface area contributed by atoms with E-state index in [1.807, 2.05) is 59.5 Å². The van der Waals surface area contributed by atoms with Crippen LogP contribution in [0.4, 0.5) is 17.1 Å². The molecule has 3 nitrogen and oxygen atoms in total. The van der Waals surface area contributed by atoms with Gasteiger partial charge in [0, 0.05) is 25.2 Å². The van der Waals surface area contributed by atoms with Gasteiger partial charge < -0.3 is 4.90 Å². The van der Waals surface area contributed by atoms with Gasteiger partial charge in [-0.25, -0.2) is 0 Å². The zero-order valence-electron chi connectivity index (χ0n) is 11.9. The van der Waals surface area contributed by atoms with Gasteiger partial charge in [0.25, 0.3) is 0 Å². The van der Waals surface area contributed by atoms with Gasteiger partial charge in [-0.15, -0.1) is 6.58 Å². The monoisotopic (exact) mass is 278 g/mol. The number of para-hydroxylation sites is 3. The van der Waals surface area contributed by atoms with E-state index in [1.165, 1.54) is 0 Å². The van der Waals surface area contributed by atoms with Crippen molar-refractivity contribution in [2.24, 2.45) is 0 Å². The third kappa shape index (κ3) is 2.55. The molecular weight excluding hydrogens is 260 g/mol. The highest BCUT2D eigenvalue weighted by Gasteiger charge is 2.26. The lowest BCUT2D eigenvalue weighted by Crippen LogP contribution is -2.26. The molecule has 106 valence electrons. The summed E-state index contributed by atoms with van der Waals surface area (Å²) in [6.07, 6.45) is 2.37. The number of carbonyl (C=O) groups is 1. The number of hydrogen-bond donors (Lipinski definition) is 0. The molecule has 0 aromatic heterocycles. The van der Waals surface area contributed by atoms with E-state index in [0.717, 1.165) is 23.6 Å². The number of fused-ring (bicyclic) bond motifs is 1. The van der Waals surface area contributed by atoms with E-state index in [9.17, 15) is 4.79 Å². The first-order chi connectivity index (χ1) is 10.3. The van der Waals surface area contributed by atoms with Gasteiger partial charge in [-0.05, 0) is 24.3 Å². The van der Waals surface area contributed by atoms with Crippen LogP contribution >= 0.6 is 0 Å². The summed E-state index contributed by atoms with van der Waals surface area (Å²) in [5.74, 6) is 0.125. The number of amides is 1. The lowest BCUT2D eigenvalue weighted by Gasteiger charge is -2.25. The van der Waals surface area contributed by atoms with Crippen LogP contribution in [0.15, 0.2) is 67.3 Å². The maximum absolute atomic E-state index is 12.6. The van der Waals surface area contributed by atoms with Crippen molar-refractivity contribution in [1.29, 1.82) is 0 Å². The fraction of sp³-hybridized carbons (Fsp3) is 0.167. The second-order valence-corrected chi connectivity index (χ2v) is 5.04. The number of anilines is 3. The van der Waals surface area contributed by atoms with E-state index in [-0.39, 0.29) is 5.91 Å². The van der Waals surface area contributed by atoms with E-state index < -0.39 is 0 Å². The Labute approximate surface area is 125 Å². The lowest BCUT2D eigenvalue weighted by molar-refractivity contribution is -0.117. The number of benzene rings is 2. The first kappa shape index (κ1) is 13.4. The van der Waals surface area contributed by atoms with Gasteiger partial charge in [-0.1, -0.05) is 36.4 Å². The Bertz CT molecular complexity index is 651. The molecule has 0 aliphatic carbocycles. The van der Waals surface area contributed by atoms with Crippen LogP contribution in [0.2, 0.25) is 0 Å². The average Bonchev–Trinajstić information content (AvgIpc) is 2.66. The molecule has 21 heavy (non-hydrogen) atoms. The molecule has 0 saturated carbocycles. The molecule has 1 aliphatic heterocycles. The SMILES string of the molecule is C=CCN1CCC(=O)N(c2ccccc2)c2ccccc21. The number of nitrogens with zero attached hydrogens (tertiary/aromatic N) is 2. The van der Waals surface area contributed by atoms with Crippen molar-refractivity contribution in [3.8, 4) is 0 Å². The van der Waals surface area contributed by atoms with E-state index in [4.69, 9.17) is 0 Å². The van der Waals surface area contributed by atoms with Crippen LogP contribution < -0.4 is 9.80 Å². The van der Waals surface area contributed by atoms with E-state index in [2.05, 4.69) is 17.5 Å². The normalized spacial score (nSPS) is 14.6. The summed E-state index contributed by atoms with van der Waals surface area (Å²) < 4.78 is 0. The van der Waals surface area contributed by atoms with Crippen LogP contribution in [0.3, 0.4) is 0 Å². The average molecular weight is 278 g/mol. The van der Waals surface area contributed by atoms with Crippen LogP contribution in [0.1, 0.15) is 6.42 Å². The molecule has 0 unspecified atom stereocenters. The number of rotatable bonds is 3. The van der Waals surface area contributed by atoms with E-state index in [0.29, 0.717) is 13.0 Å². The summed E-state index contributed by atoms with van der Waals surface area (Å²) in [4.78, 5) is 16.6. The van der Waals surface area contributed by atoms with Crippen LogP contribution in [0.25, 0.3) is 0 Å². The van der Waals surface area contributed by atoms with Crippen molar-refractivity contribution in [1.82, 2.24) is 0 Å². The van der Waals surface area contributed by atoms with Crippen LogP contribution in [-0.2, 0) is 4.79 Å². The summed E-state index contributed by atoms with van der Waals surface area (Å²) in [6, 6.07) is 17.9. The molecule has 0 N–H and O–H groups in total. The van der Waals surface area contributed by atoms with Gasteiger partial charge >= 0.3 is 0 Å². The molecule has 0 fully saturated rings. The van der Waals surface area contributed by atoms with Crippen molar-refractivity contribution in [2.75, 3.05) is 22.9 Å². The van der Waals surface area contributed by atoms with E-state index >= 15 is 0 Å². The summed E-state index contributed by atoms with van der Waals surface area (Å²) in [7, 11) is 0. The van der Waals surface area contributed by atoms with Gasteiger partial charge in [-0.2, -0.15) is 0 Å². The molecule has 0 atom stereocenters. The van der Waals surface area contributed by atoms with Gasteiger partial charge in [0.15, 0.2) is 0 Å². The van der Waals surface area contributed by atoms with Crippen LogP contribution in [0, 0.1) is 0 Å². The summed E-state index contributed by atoms with van der Waals surface area (Å²) in [6.45, 7) is 5.27. The Morgan fingerprint density at radius 3 is 2.38 bits per heavy atom. The second-order valence-electron chi connectivity index (χ2n) is 5.04. The van der Waals surface area contributed by atoms with Crippen molar-refractivity contribution < 1.29 is 4.79 Å². The molecule has 1 heterocycles. The van der Waals surface area contributed by atoms with Gasteiger partial charge in [-0.3, -0.25) is 9.69 Å². The molecule has 2 aromatic rings. The number of carbonyl (C=O) groups excluding carboxylic acids is 1. The smallest absolute Gasteiger partial charge is 0.233 e. The molecule has 3 heteroatoms. The van der Waals surface area contributed by atoms with Crippen molar-refractivity contribution in [3.05, 3.63) is 67.3 Å². The minimum atomic E-state index is 0.125. The zero-order valence-corrected chi connectivity index (χ0v) is 11.9. The predicted octanol–water partition coefficient (Wildman–Crippen LogP) is 3.75. The van der Waals surface area contributed by atoms with Crippen molar-refractivity contribution >= 4 is 23.0 Å². The van der Waals surface area contributed by atoms with Crippen LogP contribution in [-0.4, -0.2) is 19.0 Å². The minimum absolute atomic E-state index is 0.125. The molecular formula is C18H18N2O.